The van der Waals surface area contributed by atoms with Crippen LogP contribution in [0, 0.1) is 0 Å². The van der Waals surface area contributed by atoms with Crippen molar-refractivity contribution in [3.63, 3.8) is 0 Å². The third-order valence-electron chi connectivity index (χ3n) is 3.23. The van der Waals surface area contributed by atoms with Gasteiger partial charge in [0.2, 0.25) is 5.88 Å². The lowest BCUT2D eigenvalue weighted by Crippen LogP contribution is -2.14. The molecule has 1 aromatic heterocycles. The fourth-order valence-corrected chi connectivity index (χ4v) is 3.48. The Morgan fingerprint density at radius 1 is 1.28 bits per heavy atom. The largest absolute Gasteiger partial charge is 0.475 e. The number of aromatic nitrogens is 2. The fraction of sp³-hybridized carbons (Fsp3) is 0.353. The van der Waals surface area contributed by atoms with Crippen molar-refractivity contribution < 1.29 is 9.84 Å². The first kappa shape index (κ1) is 19.8. The molecular formula is C17H23BrN4O2S. The Morgan fingerprint density at radius 2 is 2.04 bits per heavy atom. The molecule has 1 heterocycles. The summed E-state index contributed by atoms with van der Waals surface area (Å²) in [6.45, 7) is 5.15. The van der Waals surface area contributed by atoms with E-state index in [0.717, 1.165) is 28.6 Å². The Kier molecular flexibility index (Phi) is 8.33. The minimum absolute atomic E-state index is 0.0717. The number of hydrogen-bond donors (Lipinski definition) is 3. The van der Waals surface area contributed by atoms with Gasteiger partial charge < -0.3 is 14.6 Å². The van der Waals surface area contributed by atoms with E-state index in [2.05, 4.69) is 47.6 Å². The predicted molar refractivity (Wildman–Crippen MR) is 109 cm³/mol. The Labute approximate surface area is 159 Å². The summed E-state index contributed by atoms with van der Waals surface area (Å²) in [4.78, 5) is 8.66. The van der Waals surface area contributed by atoms with Crippen LogP contribution in [0.15, 0.2) is 35.1 Å². The van der Waals surface area contributed by atoms with Gasteiger partial charge in [-0.05, 0) is 47.3 Å². The molecule has 0 saturated heterocycles. The summed E-state index contributed by atoms with van der Waals surface area (Å²) < 4.78 is 13.5. The van der Waals surface area contributed by atoms with Gasteiger partial charge in [0.1, 0.15) is 12.9 Å². The van der Waals surface area contributed by atoms with E-state index in [0.29, 0.717) is 11.7 Å². The summed E-state index contributed by atoms with van der Waals surface area (Å²) >= 11 is 3.45. The third kappa shape index (κ3) is 5.78. The molecule has 2 aromatic rings. The molecule has 8 heteroatoms. The fourth-order valence-electron chi connectivity index (χ4n) is 2.07. The molecule has 0 spiro atoms. The quantitative estimate of drug-likeness (QED) is 0.531. The van der Waals surface area contributed by atoms with Gasteiger partial charge in [-0.25, -0.2) is 9.97 Å². The van der Waals surface area contributed by atoms with Crippen LogP contribution in [0.4, 0.5) is 5.82 Å². The topological polar surface area (TPSA) is 79.3 Å². The average molecular weight is 427 g/mol. The summed E-state index contributed by atoms with van der Waals surface area (Å²) in [7, 11) is -0.314. The van der Waals surface area contributed by atoms with Crippen LogP contribution in [0.3, 0.4) is 0 Å². The molecule has 1 aromatic carbocycles. The van der Waals surface area contributed by atoms with Crippen LogP contribution < -0.4 is 14.2 Å². The number of ether oxygens (including phenoxy) is 1. The van der Waals surface area contributed by atoms with Gasteiger partial charge in [0, 0.05) is 11.0 Å². The van der Waals surface area contributed by atoms with E-state index >= 15 is 0 Å². The molecular weight excluding hydrogens is 404 g/mol. The molecule has 0 radical (unpaired) electrons. The molecule has 0 aliphatic rings. The van der Waals surface area contributed by atoms with Crippen LogP contribution in [0.1, 0.15) is 20.3 Å². The second-order valence-corrected chi connectivity index (χ2v) is 7.61. The van der Waals surface area contributed by atoms with E-state index in [-0.39, 0.29) is 24.1 Å². The van der Waals surface area contributed by atoms with Crippen LogP contribution in [0.25, 0.3) is 11.1 Å². The summed E-state index contributed by atoms with van der Waals surface area (Å²) in [5.41, 5.74) is 1.72. The molecule has 0 fully saturated rings. The number of rotatable bonds is 9. The van der Waals surface area contributed by atoms with Crippen LogP contribution in [-0.2, 0) is 0 Å². The summed E-state index contributed by atoms with van der Waals surface area (Å²) in [5, 5.41) is 11.1. The first-order valence-corrected chi connectivity index (χ1v) is 10.1. The molecule has 3 N–H and O–H groups in total. The lowest BCUT2D eigenvalue weighted by atomic mass is 10.1. The number of aliphatic hydroxyl groups excluding tert-OH is 1. The van der Waals surface area contributed by atoms with Gasteiger partial charge >= 0.3 is 0 Å². The van der Waals surface area contributed by atoms with Crippen LogP contribution >= 0.6 is 26.8 Å². The zero-order valence-electron chi connectivity index (χ0n) is 14.3. The van der Waals surface area contributed by atoms with E-state index in [1.165, 1.54) is 6.33 Å². The molecule has 0 saturated carbocycles. The summed E-state index contributed by atoms with van der Waals surface area (Å²) in [5.74, 6) is 1.14. The third-order valence-corrected chi connectivity index (χ3v) is 5.15. The Bertz CT molecular complexity index is 710. The van der Waals surface area contributed by atoms with Crippen molar-refractivity contribution in [3.8, 4) is 17.0 Å². The van der Waals surface area contributed by atoms with Crippen LogP contribution in [-0.4, -0.2) is 40.2 Å². The normalized spacial score (nSPS) is 12.2. The SMILES string of the molecule is C/C=S(/NCCC)Nc1ncnc(OCCO)c1-c1ccc(Br)cc1. The van der Waals surface area contributed by atoms with Gasteiger partial charge in [-0.1, -0.05) is 35.0 Å². The average Bonchev–Trinajstić information content (AvgIpc) is 2.64. The van der Waals surface area contributed by atoms with Crippen molar-refractivity contribution >= 4 is 38.0 Å². The number of halogens is 1. The molecule has 0 aliphatic carbocycles. The number of benzene rings is 1. The van der Waals surface area contributed by atoms with Gasteiger partial charge in [0.25, 0.3) is 0 Å². The number of aliphatic hydroxyl groups is 1. The Hall–Kier alpha value is -1.48. The summed E-state index contributed by atoms with van der Waals surface area (Å²) in [6.07, 6.45) is 2.52. The molecule has 1 unspecified atom stereocenters. The minimum atomic E-state index is -0.314. The van der Waals surface area contributed by atoms with Gasteiger partial charge in [0.05, 0.1) is 12.2 Å². The van der Waals surface area contributed by atoms with Crippen molar-refractivity contribution in [2.75, 3.05) is 24.5 Å². The lowest BCUT2D eigenvalue weighted by Gasteiger charge is -2.17. The van der Waals surface area contributed by atoms with Gasteiger partial charge in [-0.3, -0.25) is 4.72 Å². The highest BCUT2D eigenvalue weighted by molar-refractivity contribution is 9.10. The second-order valence-electron chi connectivity index (χ2n) is 5.05. The van der Waals surface area contributed by atoms with Crippen LogP contribution in [0.5, 0.6) is 5.88 Å². The van der Waals surface area contributed by atoms with E-state index in [4.69, 9.17) is 9.84 Å². The highest BCUT2D eigenvalue weighted by atomic mass is 79.9. The first-order chi connectivity index (χ1) is 12.2. The van der Waals surface area contributed by atoms with E-state index in [1.54, 1.807) is 0 Å². The number of nitrogens with zero attached hydrogens (tertiary/aromatic N) is 2. The molecule has 0 bridgehead atoms. The lowest BCUT2D eigenvalue weighted by molar-refractivity contribution is 0.197. The van der Waals surface area contributed by atoms with Crippen LogP contribution in [0.2, 0.25) is 0 Å². The number of anilines is 1. The summed E-state index contributed by atoms with van der Waals surface area (Å²) in [6, 6.07) is 7.88. The van der Waals surface area contributed by atoms with E-state index in [1.807, 2.05) is 31.2 Å². The molecule has 6 nitrogen and oxygen atoms in total. The zero-order valence-corrected chi connectivity index (χ0v) is 16.7. The molecule has 0 aliphatic heterocycles. The monoisotopic (exact) mass is 426 g/mol. The maximum atomic E-state index is 9.07. The van der Waals surface area contributed by atoms with Crippen molar-refractivity contribution in [1.82, 2.24) is 14.7 Å². The molecule has 136 valence electrons. The highest BCUT2D eigenvalue weighted by Crippen LogP contribution is 2.35. The van der Waals surface area contributed by atoms with E-state index in [9.17, 15) is 0 Å². The van der Waals surface area contributed by atoms with Gasteiger partial charge in [-0.2, -0.15) is 0 Å². The smallest absolute Gasteiger partial charge is 0.226 e. The van der Waals surface area contributed by atoms with Gasteiger partial charge in [0.15, 0.2) is 5.82 Å². The van der Waals surface area contributed by atoms with Gasteiger partial charge in [-0.15, -0.1) is 0 Å². The first-order valence-electron chi connectivity index (χ1n) is 8.06. The predicted octanol–water partition coefficient (Wildman–Crippen LogP) is 3.61. The molecule has 25 heavy (non-hydrogen) atoms. The molecule has 1 atom stereocenters. The molecule has 2 rings (SSSR count). The van der Waals surface area contributed by atoms with Crippen molar-refractivity contribution in [1.29, 1.82) is 0 Å². The van der Waals surface area contributed by atoms with E-state index < -0.39 is 0 Å². The zero-order chi connectivity index (χ0) is 18.1. The standard InChI is InChI=1S/C17H23BrN4O2S/c1-3-9-21-25(4-2)22-16-15(13-5-7-14(18)8-6-13)17(20-12-19-16)24-11-10-23/h4-8,12,21,23H,3,9-11H2,1-2H3,(H,19,20,22). The van der Waals surface area contributed by atoms with Crippen molar-refractivity contribution in [3.05, 3.63) is 35.1 Å². The number of nitrogens with one attached hydrogen (secondary N) is 2. The number of hydrogen-bond acceptors (Lipinski definition) is 6. The highest BCUT2D eigenvalue weighted by Gasteiger charge is 2.16. The van der Waals surface area contributed by atoms with Crippen molar-refractivity contribution in [2.45, 2.75) is 20.3 Å². The minimum Gasteiger partial charge on any atom is -0.475 e. The maximum Gasteiger partial charge on any atom is 0.226 e. The van der Waals surface area contributed by atoms with Crippen molar-refractivity contribution in [2.24, 2.45) is 0 Å². The Balaban J connectivity index is 2.42. The molecule has 0 amide bonds. The maximum absolute atomic E-state index is 9.07. The Morgan fingerprint density at radius 3 is 2.68 bits per heavy atom. The second kappa shape index (κ2) is 10.5.